The predicted octanol–water partition coefficient (Wildman–Crippen LogP) is 2.53. The van der Waals surface area contributed by atoms with Crippen molar-refractivity contribution < 1.29 is 9.53 Å². The van der Waals surface area contributed by atoms with Gasteiger partial charge < -0.3 is 16.2 Å². The van der Waals surface area contributed by atoms with Gasteiger partial charge in [0.2, 0.25) is 0 Å². The highest BCUT2D eigenvalue weighted by Crippen LogP contribution is 2.08. The van der Waals surface area contributed by atoms with Crippen LogP contribution in [0.5, 0.6) is 0 Å². The summed E-state index contributed by atoms with van der Waals surface area (Å²) in [7, 11) is 0. The van der Waals surface area contributed by atoms with E-state index >= 15 is 0 Å². The van der Waals surface area contributed by atoms with Gasteiger partial charge in [0.25, 0.3) is 0 Å². The third kappa shape index (κ3) is 29.3. The molecule has 0 saturated carbocycles. The first-order valence-corrected chi connectivity index (χ1v) is 6.73. The summed E-state index contributed by atoms with van der Waals surface area (Å²) in [4.78, 5) is 10.4. The van der Waals surface area contributed by atoms with Gasteiger partial charge in [0.05, 0.1) is 6.61 Å². The molecule has 0 rings (SSSR count). The fourth-order valence-corrected chi connectivity index (χ4v) is 1.45. The maximum atomic E-state index is 10.4. The molecule has 5 N–H and O–H groups in total. The number of guanidine groups is 1. The Morgan fingerprint density at radius 1 is 1.00 bits per heavy atom. The number of nitrogens with two attached hydrogens (primary N) is 2. The van der Waals surface area contributed by atoms with Crippen LogP contribution >= 0.6 is 0 Å². The summed E-state index contributed by atoms with van der Waals surface area (Å²) in [5, 5.41) is 6.06. The second kappa shape index (κ2) is 15.7. The minimum atomic E-state index is -0.333. The Labute approximate surface area is 111 Å². The van der Waals surface area contributed by atoms with Gasteiger partial charge in [-0.2, -0.15) is 0 Å². The van der Waals surface area contributed by atoms with Crippen LogP contribution in [-0.4, -0.2) is 18.5 Å². The van der Waals surface area contributed by atoms with Crippen molar-refractivity contribution >= 4 is 11.9 Å². The lowest BCUT2D eigenvalue weighted by Crippen LogP contribution is -2.20. The van der Waals surface area contributed by atoms with Crippen molar-refractivity contribution in [2.75, 3.05) is 6.61 Å². The maximum absolute atomic E-state index is 10.4. The molecule has 0 heterocycles. The van der Waals surface area contributed by atoms with E-state index in [0.717, 1.165) is 6.42 Å². The number of rotatable bonds is 9. The zero-order valence-corrected chi connectivity index (χ0v) is 11.8. The summed E-state index contributed by atoms with van der Waals surface area (Å²) >= 11 is 0. The second-order valence-corrected chi connectivity index (χ2v) is 4.27. The Morgan fingerprint density at radius 3 is 1.78 bits per heavy atom. The zero-order valence-electron chi connectivity index (χ0n) is 11.8. The highest BCUT2D eigenvalue weighted by atomic mass is 16.5. The van der Waals surface area contributed by atoms with E-state index in [4.69, 9.17) is 10.1 Å². The molecule has 0 amide bonds. The average Bonchev–Trinajstić information content (AvgIpc) is 2.26. The number of hydrogen-bond donors (Lipinski definition) is 3. The van der Waals surface area contributed by atoms with Crippen LogP contribution in [0.4, 0.5) is 0 Å². The summed E-state index contributed by atoms with van der Waals surface area (Å²) < 4.78 is 4.85. The largest absolute Gasteiger partial charge is 0.466 e. The van der Waals surface area contributed by atoms with E-state index in [-0.39, 0.29) is 11.9 Å². The second-order valence-electron chi connectivity index (χ2n) is 4.27. The van der Waals surface area contributed by atoms with Crippen LogP contribution in [0.2, 0.25) is 0 Å². The fourth-order valence-electron chi connectivity index (χ4n) is 1.45. The number of ether oxygens (including phenoxy) is 1. The van der Waals surface area contributed by atoms with Crippen LogP contribution in [0.3, 0.4) is 0 Å². The maximum Gasteiger partial charge on any atom is 0.302 e. The fraction of sp³-hybridized carbons (Fsp3) is 0.846. The molecule has 0 aromatic carbocycles. The Hall–Kier alpha value is -1.26. The minimum Gasteiger partial charge on any atom is -0.466 e. The average molecular weight is 259 g/mol. The third-order valence-corrected chi connectivity index (χ3v) is 2.30. The number of hydrogen-bond acceptors (Lipinski definition) is 3. The number of esters is 1. The molecule has 0 aromatic heterocycles. The summed E-state index contributed by atoms with van der Waals surface area (Å²) in [5.74, 6) is -0.493. The van der Waals surface area contributed by atoms with Crippen LogP contribution in [0.25, 0.3) is 0 Å². The molecule has 0 fully saturated rings. The van der Waals surface area contributed by atoms with E-state index in [9.17, 15) is 4.79 Å². The van der Waals surface area contributed by atoms with E-state index < -0.39 is 0 Å². The van der Waals surface area contributed by atoms with Crippen LogP contribution in [0, 0.1) is 5.41 Å². The molecule has 0 aliphatic heterocycles. The van der Waals surface area contributed by atoms with Crippen molar-refractivity contribution in [2.45, 2.75) is 65.2 Å². The smallest absolute Gasteiger partial charge is 0.302 e. The molecule has 108 valence electrons. The van der Waals surface area contributed by atoms with Gasteiger partial charge in [-0.3, -0.25) is 10.2 Å². The van der Waals surface area contributed by atoms with Gasteiger partial charge >= 0.3 is 5.97 Å². The minimum absolute atomic E-state index is 0.159. The molecular weight excluding hydrogens is 230 g/mol. The van der Waals surface area contributed by atoms with E-state index in [1.165, 1.54) is 51.9 Å². The Balaban J connectivity index is 0. The summed E-state index contributed by atoms with van der Waals surface area (Å²) in [6, 6.07) is 0. The predicted molar refractivity (Wildman–Crippen MR) is 75.3 cm³/mol. The third-order valence-electron chi connectivity index (χ3n) is 2.30. The molecule has 0 aliphatic rings. The highest BCUT2D eigenvalue weighted by Gasteiger charge is 1.93. The summed E-state index contributed by atoms with van der Waals surface area (Å²) in [6.45, 7) is 4.30. The molecule has 0 unspecified atom stereocenters. The molecule has 0 aromatic rings. The van der Waals surface area contributed by atoms with Gasteiger partial charge in [0, 0.05) is 6.92 Å². The molecule has 0 aliphatic carbocycles. The molecule has 5 heteroatoms. The van der Waals surface area contributed by atoms with Gasteiger partial charge in [0.1, 0.15) is 0 Å². The number of carbonyl (C=O) groups excluding carboxylic acids is 1. The van der Waals surface area contributed by atoms with Gasteiger partial charge in [0.15, 0.2) is 5.96 Å². The van der Waals surface area contributed by atoms with Gasteiger partial charge in [-0.1, -0.05) is 51.9 Å². The lowest BCUT2D eigenvalue weighted by Gasteiger charge is -2.02. The van der Waals surface area contributed by atoms with Crippen molar-refractivity contribution in [3.63, 3.8) is 0 Å². The van der Waals surface area contributed by atoms with Crippen molar-refractivity contribution in [3.05, 3.63) is 0 Å². The SMILES string of the molecule is CCCCCCCCCCOC(C)=O.N=C(N)N. The summed E-state index contributed by atoms with van der Waals surface area (Å²) in [5.41, 5.74) is 8.94. The Kier molecular flexibility index (Phi) is 16.7. The first-order valence-electron chi connectivity index (χ1n) is 6.73. The molecule has 5 nitrogen and oxygen atoms in total. The van der Waals surface area contributed by atoms with Gasteiger partial charge in [-0.25, -0.2) is 0 Å². The number of carbonyl (C=O) groups is 1. The quantitative estimate of drug-likeness (QED) is 0.256. The number of unbranched alkanes of at least 4 members (excludes halogenated alkanes) is 7. The molecule has 18 heavy (non-hydrogen) atoms. The zero-order chi connectivity index (χ0) is 14.2. The Bertz CT molecular complexity index is 204. The van der Waals surface area contributed by atoms with E-state index in [1.54, 1.807) is 0 Å². The van der Waals surface area contributed by atoms with Crippen molar-refractivity contribution in [1.29, 1.82) is 5.41 Å². The van der Waals surface area contributed by atoms with Crippen LogP contribution in [0.15, 0.2) is 0 Å². The molecule has 0 spiro atoms. The molecule has 0 saturated heterocycles. The lowest BCUT2D eigenvalue weighted by atomic mass is 10.1. The highest BCUT2D eigenvalue weighted by molar-refractivity contribution is 5.71. The van der Waals surface area contributed by atoms with Crippen molar-refractivity contribution in [1.82, 2.24) is 0 Å². The first-order chi connectivity index (χ1) is 8.50. The molecular formula is C13H29N3O2. The van der Waals surface area contributed by atoms with Crippen LogP contribution < -0.4 is 11.5 Å². The van der Waals surface area contributed by atoms with Gasteiger partial charge in [-0.15, -0.1) is 0 Å². The topological polar surface area (TPSA) is 102 Å². The normalized spacial score (nSPS) is 9.22. The molecule has 0 bridgehead atoms. The summed E-state index contributed by atoms with van der Waals surface area (Å²) in [6.07, 6.45) is 10.2. The Morgan fingerprint density at radius 2 is 1.39 bits per heavy atom. The van der Waals surface area contributed by atoms with Crippen molar-refractivity contribution in [3.8, 4) is 0 Å². The molecule has 0 atom stereocenters. The van der Waals surface area contributed by atoms with E-state index in [2.05, 4.69) is 18.4 Å². The number of nitrogens with one attached hydrogen (secondary N) is 1. The van der Waals surface area contributed by atoms with E-state index in [0.29, 0.717) is 6.61 Å². The van der Waals surface area contributed by atoms with E-state index in [1.807, 2.05) is 0 Å². The standard InChI is InChI=1S/C12H24O2.CH5N3/c1-3-4-5-6-7-8-9-10-11-14-12(2)13;2-1(3)4/h3-11H2,1-2H3;(H5,2,3,4). The molecule has 0 radical (unpaired) electrons. The van der Waals surface area contributed by atoms with Gasteiger partial charge in [-0.05, 0) is 6.42 Å². The van der Waals surface area contributed by atoms with Crippen molar-refractivity contribution in [2.24, 2.45) is 11.5 Å². The first kappa shape index (κ1) is 19.1. The lowest BCUT2D eigenvalue weighted by molar-refractivity contribution is -0.141. The van der Waals surface area contributed by atoms with Crippen LogP contribution in [-0.2, 0) is 9.53 Å². The monoisotopic (exact) mass is 259 g/mol. The van der Waals surface area contributed by atoms with Crippen LogP contribution in [0.1, 0.15) is 65.2 Å².